The lowest BCUT2D eigenvalue weighted by Gasteiger charge is -2.14. The highest BCUT2D eigenvalue weighted by Crippen LogP contribution is 2.19. The molecule has 0 spiro atoms. The summed E-state index contributed by atoms with van der Waals surface area (Å²) in [6.07, 6.45) is 0. The zero-order valence-electron chi connectivity index (χ0n) is 13.2. The molecule has 1 amide bonds. The average Bonchev–Trinajstić information content (AvgIpc) is 2.60. The van der Waals surface area contributed by atoms with Crippen LogP contribution in [0.4, 0.5) is 0 Å². The summed E-state index contributed by atoms with van der Waals surface area (Å²) in [5, 5.41) is 3.67. The summed E-state index contributed by atoms with van der Waals surface area (Å²) >= 11 is 0. The molecule has 1 N–H and O–H groups in total. The number of nitrogens with one attached hydrogen (secondary N) is 1. The average molecular weight is 323 g/mol. The molecule has 5 heteroatoms. The van der Waals surface area contributed by atoms with E-state index in [1.165, 1.54) is 6.07 Å². The van der Waals surface area contributed by atoms with Crippen molar-refractivity contribution in [3.05, 3.63) is 76.6 Å². The molecule has 1 heterocycles. The van der Waals surface area contributed by atoms with E-state index >= 15 is 0 Å². The van der Waals surface area contributed by atoms with Crippen molar-refractivity contribution < 1.29 is 13.9 Å². The van der Waals surface area contributed by atoms with Crippen molar-refractivity contribution in [1.29, 1.82) is 0 Å². The van der Waals surface area contributed by atoms with Crippen molar-refractivity contribution in [3.63, 3.8) is 0 Å². The Kier molecular flexibility index (Phi) is 4.61. The molecule has 0 bridgehead atoms. The van der Waals surface area contributed by atoms with E-state index in [0.29, 0.717) is 11.3 Å². The number of carbonyl (C=O) groups excluding carboxylic acids is 1. The highest BCUT2D eigenvalue weighted by Gasteiger charge is 2.10. The molecule has 0 aliphatic rings. The van der Waals surface area contributed by atoms with Crippen LogP contribution in [-0.2, 0) is 4.79 Å². The third kappa shape index (κ3) is 3.81. The van der Waals surface area contributed by atoms with Crippen molar-refractivity contribution in [2.24, 2.45) is 0 Å². The minimum absolute atomic E-state index is 0.100. The quantitative estimate of drug-likeness (QED) is 0.733. The van der Waals surface area contributed by atoms with Crippen LogP contribution in [0.25, 0.3) is 11.0 Å². The van der Waals surface area contributed by atoms with E-state index in [9.17, 15) is 9.59 Å². The van der Waals surface area contributed by atoms with Crippen LogP contribution in [0.3, 0.4) is 0 Å². The minimum atomic E-state index is -0.422. The number of benzene rings is 2. The molecule has 24 heavy (non-hydrogen) atoms. The van der Waals surface area contributed by atoms with Crippen LogP contribution in [0.15, 0.2) is 69.9 Å². The largest absolute Gasteiger partial charge is 0.484 e. The van der Waals surface area contributed by atoms with Gasteiger partial charge < -0.3 is 14.5 Å². The van der Waals surface area contributed by atoms with Gasteiger partial charge in [0.15, 0.2) is 6.61 Å². The zero-order chi connectivity index (χ0) is 16.9. The smallest absolute Gasteiger partial charge is 0.336 e. The van der Waals surface area contributed by atoms with Gasteiger partial charge in [-0.15, -0.1) is 0 Å². The van der Waals surface area contributed by atoms with E-state index in [1.54, 1.807) is 24.3 Å². The molecular weight excluding hydrogens is 306 g/mol. The Balaban J connectivity index is 1.61. The maximum atomic E-state index is 12.0. The van der Waals surface area contributed by atoms with Crippen LogP contribution in [0, 0.1) is 0 Å². The lowest BCUT2D eigenvalue weighted by atomic mass is 10.1. The van der Waals surface area contributed by atoms with Crippen LogP contribution in [0.1, 0.15) is 18.5 Å². The Morgan fingerprint density at radius 2 is 1.88 bits per heavy atom. The number of amides is 1. The SMILES string of the molecule is C[C@H](NC(=O)COc1ccc2ccc(=O)oc2c1)c1ccccc1. The highest BCUT2D eigenvalue weighted by atomic mass is 16.5. The number of hydrogen-bond acceptors (Lipinski definition) is 4. The minimum Gasteiger partial charge on any atom is -0.484 e. The van der Waals surface area contributed by atoms with Crippen LogP contribution in [0.5, 0.6) is 5.75 Å². The van der Waals surface area contributed by atoms with Gasteiger partial charge in [-0.1, -0.05) is 30.3 Å². The van der Waals surface area contributed by atoms with Gasteiger partial charge in [0.25, 0.3) is 5.91 Å². The molecule has 0 unspecified atom stereocenters. The maximum absolute atomic E-state index is 12.0. The number of hydrogen-bond donors (Lipinski definition) is 1. The second kappa shape index (κ2) is 7.00. The second-order valence-corrected chi connectivity index (χ2v) is 5.44. The predicted octanol–water partition coefficient (Wildman–Crippen LogP) is 3.05. The second-order valence-electron chi connectivity index (χ2n) is 5.44. The molecule has 122 valence electrons. The molecular formula is C19H17NO4. The lowest BCUT2D eigenvalue weighted by Crippen LogP contribution is -2.31. The molecule has 3 rings (SSSR count). The van der Waals surface area contributed by atoms with Gasteiger partial charge in [-0.3, -0.25) is 4.79 Å². The highest BCUT2D eigenvalue weighted by molar-refractivity contribution is 5.79. The van der Waals surface area contributed by atoms with Gasteiger partial charge in [0.1, 0.15) is 11.3 Å². The fourth-order valence-corrected chi connectivity index (χ4v) is 2.39. The molecule has 0 saturated heterocycles. The van der Waals surface area contributed by atoms with Crippen LogP contribution < -0.4 is 15.7 Å². The summed E-state index contributed by atoms with van der Waals surface area (Å²) in [6, 6.07) is 17.7. The Morgan fingerprint density at radius 1 is 1.12 bits per heavy atom. The van der Waals surface area contributed by atoms with Gasteiger partial charge in [-0.25, -0.2) is 4.79 Å². The first-order valence-corrected chi connectivity index (χ1v) is 7.63. The standard InChI is InChI=1S/C19H17NO4/c1-13(14-5-3-2-4-6-14)20-18(21)12-23-16-9-7-15-8-10-19(22)24-17(15)11-16/h2-11,13H,12H2,1H3,(H,20,21)/t13-/m0/s1. The lowest BCUT2D eigenvalue weighted by molar-refractivity contribution is -0.123. The third-order valence-electron chi connectivity index (χ3n) is 3.64. The molecule has 0 aliphatic heterocycles. The molecule has 0 aliphatic carbocycles. The summed E-state index contributed by atoms with van der Waals surface area (Å²) in [4.78, 5) is 23.3. The Labute approximate surface area is 138 Å². The summed E-state index contributed by atoms with van der Waals surface area (Å²) in [5.41, 5.74) is 1.03. The Hall–Kier alpha value is -3.08. The van der Waals surface area contributed by atoms with E-state index in [2.05, 4.69) is 5.32 Å². The van der Waals surface area contributed by atoms with Gasteiger partial charge in [0.2, 0.25) is 0 Å². The number of fused-ring (bicyclic) bond motifs is 1. The number of ether oxygens (including phenoxy) is 1. The Morgan fingerprint density at radius 3 is 2.67 bits per heavy atom. The third-order valence-corrected chi connectivity index (χ3v) is 3.64. The fourth-order valence-electron chi connectivity index (χ4n) is 2.39. The van der Waals surface area contributed by atoms with Crippen LogP contribution in [-0.4, -0.2) is 12.5 Å². The predicted molar refractivity (Wildman–Crippen MR) is 91.0 cm³/mol. The van der Waals surface area contributed by atoms with Crippen molar-refractivity contribution in [1.82, 2.24) is 5.32 Å². The van der Waals surface area contributed by atoms with Gasteiger partial charge in [-0.05, 0) is 30.7 Å². The van der Waals surface area contributed by atoms with E-state index in [1.807, 2.05) is 37.3 Å². The maximum Gasteiger partial charge on any atom is 0.336 e. The van der Waals surface area contributed by atoms with E-state index in [-0.39, 0.29) is 18.6 Å². The first-order chi connectivity index (χ1) is 11.6. The molecule has 1 atom stereocenters. The van der Waals surface area contributed by atoms with Gasteiger partial charge in [0, 0.05) is 17.5 Å². The number of rotatable bonds is 5. The monoisotopic (exact) mass is 323 g/mol. The molecule has 0 radical (unpaired) electrons. The molecule has 0 saturated carbocycles. The first kappa shape index (κ1) is 15.8. The molecule has 3 aromatic rings. The molecule has 5 nitrogen and oxygen atoms in total. The van der Waals surface area contributed by atoms with E-state index in [4.69, 9.17) is 9.15 Å². The Bertz CT molecular complexity index is 902. The van der Waals surface area contributed by atoms with E-state index in [0.717, 1.165) is 10.9 Å². The number of carbonyl (C=O) groups is 1. The summed E-state index contributed by atoms with van der Waals surface area (Å²) in [6.45, 7) is 1.80. The van der Waals surface area contributed by atoms with Gasteiger partial charge >= 0.3 is 5.63 Å². The first-order valence-electron chi connectivity index (χ1n) is 7.63. The fraction of sp³-hybridized carbons (Fsp3) is 0.158. The zero-order valence-corrected chi connectivity index (χ0v) is 13.2. The summed E-state index contributed by atoms with van der Waals surface area (Å²) in [7, 11) is 0. The van der Waals surface area contributed by atoms with E-state index < -0.39 is 5.63 Å². The summed E-state index contributed by atoms with van der Waals surface area (Å²) in [5.74, 6) is 0.250. The molecule has 0 fully saturated rings. The van der Waals surface area contributed by atoms with Crippen molar-refractivity contribution in [2.75, 3.05) is 6.61 Å². The van der Waals surface area contributed by atoms with Gasteiger partial charge in [-0.2, -0.15) is 0 Å². The van der Waals surface area contributed by atoms with Crippen LogP contribution >= 0.6 is 0 Å². The van der Waals surface area contributed by atoms with Crippen LogP contribution in [0.2, 0.25) is 0 Å². The normalized spacial score (nSPS) is 11.9. The summed E-state index contributed by atoms with van der Waals surface area (Å²) < 4.78 is 10.6. The van der Waals surface area contributed by atoms with Gasteiger partial charge in [0.05, 0.1) is 6.04 Å². The molecule has 2 aromatic carbocycles. The molecule has 1 aromatic heterocycles. The van der Waals surface area contributed by atoms with Crippen molar-refractivity contribution >= 4 is 16.9 Å². The van der Waals surface area contributed by atoms with Crippen molar-refractivity contribution in [2.45, 2.75) is 13.0 Å². The van der Waals surface area contributed by atoms with Crippen molar-refractivity contribution in [3.8, 4) is 5.75 Å². The topological polar surface area (TPSA) is 68.5 Å².